The van der Waals surface area contributed by atoms with Crippen molar-refractivity contribution in [1.82, 2.24) is 0 Å². The first-order valence-electron chi connectivity index (χ1n) is 9.74. The van der Waals surface area contributed by atoms with Gasteiger partial charge in [0.15, 0.2) is 23.9 Å². The van der Waals surface area contributed by atoms with Crippen LogP contribution in [0.3, 0.4) is 0 Å². The van der Waals surface area contributed by atoms with Gasteiger partial charge in [0.2, 0.25) is 6.79 Å². The number of carbonyl (C=O) groups excluding carboxylic acids is 3. The summed E-state index contributed by atoms with van der Waals surface area (Å²) in [5, 5.41) is 5.80. The second kappa shape index (κ2) is 9.78. The van der Waals surface area contributed by atoms with Crippen LogP contribution >= 0.6 is 0 Å². The summed E-state index contributed by atoms with van der Waals surface area (Å²) in [7, 11) is 0. The summed E-state index contributed by atoms with van der Waals surface area (Å²) >= 11 is 0. The summed E-state index contributed by atoms with van der Waals surface area (Å²) in [5.41, 5.74) is 1.57. The quantitative estimate of drug-likeness (QED) is 0.368. The molecule has 1 heterocycles. The van der Waals surface area contributed by atoms with Crippen LogP contribution in [0.25, 0.3) is 0 Å². The maximum atomic E-state index is 12.5. The number of rotatable bonds is 9. The number of hydrogen-bond acceptors (Lipinski definition) is 7. The number of ketones is 1. The topological polar surface area (TPSA) is 103 Å². The van der Waals surface area contributed by atoms with Crippen LogP contribution in [-0.4, -0.2) is 37.6 Å². The molecule has 2 aromatic carbocycles. The average molecular weight is 412 g/mol. The van der Waals surface area contributed by atoms with E-state index in [1.165, 1.54) is 19.1 Å². The fourth-order valence-electron chi connectivity index (χ4n) is 2.95. The van der Waals surface area contributed by atoms with Crippen molar-refractivity contribution in [3.8, 4) is 11.5 Å². The monoisotopic (exact) mass is 412 g/mol. The predicted molar refractivity (Wildman–Crippen MR) is 111 cm³/mol. The number of para-hydroxylation sites is 1. The molecule has 0 saturated carbocycles. The van der Waals surface area contributed by atoms with E-state index in [9.17, 15) is 14.4 Å². The third kappa shape index (κ3) is 5.08. The Hall–Kier alpha value is -3.55. The zero-order valence-electron chi connectivity index (χ0n) is 16.9. The number of ether oxygens (including phenoxy) is 3. The van der Waals surface area contributed by atoms with Gasteiger partial charge in [-0.25, -0.2) is 4.79 Å². The molecule has 158 valence electrons. The number of nitrogens with one attached hydrogen (secondary N) is 2. The van der Waals surface area contributed by atoms with E-state index >= 15 is 0 Å². The molecule has 2 aromatic rings. The number of benzene rings is 2. The molecule has 1 aliphatic heterocycles. The van der Waals surface area contributed by atoms with Gasteiger partial charge in [-0.2, -0.15) is 0 Å². The highest BCUT2D eigenvalue weighted by molar-refractivity contribution is 6.05. The second-order valence-electron chi connectivity index (χ2n) is 6.76. The van der Waals surface area contributed by atoms with E-state index in [2.05, 4.69) is 17.6 Å². The molecule has 0 fully saturated rings. The predicted octanol–water partition coefficient (Wildman–Crippen LogP) is 3.63. The van der Waals surface area contributed by atoms with Gasteiger partial charge in [0, 0.05) is 23.9 Å². The Morgan fingerprint density at radius 3 is 2.50 bits per heavy atom. The molecule has 1 aliphatic rings. The summed E-state index contributed by atoms with van der Waals surface area (Å²) in [5.74, 6) is -0.549. The minimum atomic E-state index is -0.609. The smallest absolute Gasteiger partial charge is 0.340 e. The highest BCUT2D eigenvalue weighted by Gasteiger charge is 2.21. The number of anilines is 2. The third-order valence-electron chi connectivity index (χ3n) is 4.49. The molecule has 0 saturated heterocycles. The fourth-order valence-corrected chi connectivity index (χ4v) is 2.95. The Kier molecular flexibility index (Phi) is 6.90. The van der Waals surface area contributed by atoms with Crippen molar-refractivity contribution >= 4 is 29.0 Å². The van der Waals surface area contributed by atoms with E-state index < -0.39 is 18.5 Å². The molecular formula is C22H24N2O6. The number of hydrogen-bond donors (Lipinski definition) is 2. The molecule has 0 spiro atoms. The van der Waals surface area contributed by atoms with Crippen molar-refractivity contribution in [2.45, 2.75) is 26.7 Å². The van der Waals surface area contributed by atoms with Gasteiger partial charge in [0.1, 0.15) is 0 Å². The van der Waals surface area contributed by atoms with Crippen LogP contribution in [0.15, 0.2) is 36.4 Å². The lowest BCUT2D eigenvalue weighted by atomic mass is 10.1. The van der Waals surface area contributed by atoms with E-state index in [4.69, 9.17) is 14.2 Å². The Morgan fingerprint density at radius 1 is 1.03 bits per heavy atom. The normalized spacial score (nSPS) is 11.7. The average Bonchev–Trinajstić information content (AvgIpc) is 3.19. The molecule has 30 heavy (non-hydrogen) atoms. The number of fused-ring (bicyclic) bond motifs is 1. The van der Waals surface area contributed by atoms with Gasteiger partial charge in [0.05, 0.1) is 11.3 Å². The van der Waals surface area contributed by atoms with Crippen molar-refractivity contribution in [2.24, 2.45) is 0 Å². The van der Waals surface area contributed by atoms with Crippen LogP contribution < -0.4 is 20.1 Å². The van der Waals surface area contributed by atoms with Crippen molar-refractivity contribution in [3.05, 3.63) is 47.5 Å². The van der Waals surface area contributed by atoms with Crippen LogP contribution in [0.1, 0.15) is 47.4 Å². The maximum absolute atomic E-state index is 12.5. The summed E-state index contributed by atoms with van der Waals surface area (Å²) in [4.78, 5) is 36.7. The van der Waals surface area contributed by atoms with E-state index in [1.807, 2.05) is 6.07 Å². The molecule has 0 aliphatic carbocycles. The molecule has 0 aromatic heterocycles. The molecule has 0 bridgehead atoms. The lowest BCUT2D eigenvalue weighted by Crippen LogP contribution is -2.22. The molecule has 0 atom stereocenters. The van der Waals surface area contributed by atoms with Gasteiger partial charge >= 0.3 is 5.97 Å². The second-order valence-corrected chi connectivity index (χ2v) is 6.76. The standard InChI is InChI=1S/C22H24N2O6/c1-3-4-9-23-17-8-6-5-7-15(17)22(27)28-12-21(26)24-18-11-20-19(29-13-30-20)10-16(18)14(2)25/h5-8,10-11,23H,3-4,9,12-13H2,1-2H3,(H,24,26). The lowest BCUT2D eigenvalue weighted by Gasteiger charge is -2.13. The Balaban J connectivity index is 1.63. The zero-order chi connectivity index (χ0) is 21.5. The molecule has 0 radical (unpaired) electrons. The number of Topliss-reactive ketones (excluding diaryl/α,β-unsaturated/α-hetero) is 1. The molecule has 8 nitrogen and oxygen atoms in total. The van der Waals surface area contributed by atoms with Crippen LogP contribution in [0.2, 0.25) is 0 Å². The molecule has 8 heteroatoms. The Morgan fingerprint density at radius 2 is 1.77 bits per heavy atom. The van der Waals surface area contributed by atoms with Gasteiger partial charge in [-0.05, 0) is 31.5 Å². The summed E-state index contributed by atoms with van der Waals surface area (Å²) in [6.45, 7) is 3.76. The maximum Gasteiger partial charge on any atom is 0.340 e. The minimum Gasteiger partial charge on any atom is -0.454 e. The summed E-state index contributed by atoms with van der Waals surface area (Å²) < 4.78 is 15.7. The largest absolute Gasteiger partial charge is 0.454 e. The van der Waals surface area contributed by atoms with Crippen molar-refractivity contribution in [1.29, 1.82) is 0 Å². The van der Waals surface area contributed by atoms with Crippen LogP contribution in [0, 0.1) is 0 Å². The first-order chi connectivity index (χ1) is 14.5. The number of esters is 1. The first kappa shape index (κ1) is 21.2. The summed E-state index contributed by atoms with van der Waals surface area (Å²) in [6, 6.07) is 10.0. The van der Waals surface area contributed by atoms with E-state index in [1.54, 1.807) is 18.2 Å². The Bertz CT molecular complexity index is 957. The SMILES string of the molecule is CCCCNc1ccccc1C(=O)OCC(=O)Nc1cc2c(cc1C(C)=O)OCO2. The van der Waals surface area contributed by atoms with Crippen LogP contribution in [-0.2, 0) is 9.53 Å². The number of amides is 1. The van der Waals surface area contributed by atoms with Gasteiger partial charge in [-0.3, -0.25) is 9.59 Å². The van der Waals surface area contributed by atoms with Crippen molar-refractivity contribution in [2.75, 3.05) is 30.6 Å². The van der Waals surface area contributed by atoms with Crippen LogP contribution in [0.5, 0.6) is 11.5 Å². The lowest BCUT2D eigenvalue weighted by molar-refractivity contribution is -0.119. The number of unbranched alkanes of at least 4 members (excludes halogenated alkanes) is 1. The molecule has 0 unspecified atom stereocenters. The van der Waals surface area contributed by atoms with Gasteiger partial charge in [0.25, 0.3) is 5.91 Å². The van der Waals surface area contributed by atoms with E-state index in [-0.39, 0.29) is 23.8 Å². The zero-order valence-corrected chi connectivity index (χ0v) is 16.9. The molecule has 3 rings (SSSR count). The third-order valence-corrected chi connectivity index (χ3v) is 4.49. The molecular weight excluding hydrogens is 388 g/mol. The number of carbonyl (C=O) groups is 3. The first-order valence-corrected chi connectivity index (χ1v) is 9.74. The fraction of sp³-hybridized carbons (Fsp3) is 0.318. The van der Waals surface area contributed by atoms with E-state index in [0.717, 1.165) is 19.4 Å². The van der Waals surface area contributed by atoms with Crippen molar-refractivity contribution < 1.29 is 28.6 Å². The highest BCUT2D eigenvalue weighted by atomic mass is 16.7. The molecule has 2 N–H and O–H groups in total. The van der Waals surface area contributed by atoms with Gasteiger partial charge in [-0.15, -0.1) is 0 Å². The van der Waals surface area contributed by atoms with Gasteiger partial charge in [-0.1, -0.05) is 25.5 Å². The summed E-state index contributed by atoms with van der Waals surface area (Å²) in [6.07, 6.45) is 2.00. The minimum absolute atomic E-state index is 0.0490. The van der Waals surface area contributed by atoms with Crippen LogP contribution in [0.4, 0.5) is 11.4 Å². The van der Waals surface area contributed by atoms with Gasteiger partial charge < -0.3 is 24.8 Å². The highest BCUT2D eigenvalue weighted by Crippen LogP contribution is 2.37. The Labute approximate surface area is 174 Å². The van der Waals surface area contributed by atoms with Crippen molar-refractivity contribution in [3.63, 3.8) is 0 Å². The molecule has 1 amide bonds. The van der Waals surface area contributed by atoms with E-state index in [0.29, 0.717) is 22.7 Å².